The fourth-order valence-electron chi connectivity index (χ4n) is 3.47. The molecule has 4 aromatic rings. The first-order chi connectivity index (χ1) is 15.2. The number of para-hydroxylation sites is 2. The number of tetrazole rings is 1. The normalized spacial score (nSPS) is 13.3. The number of carbonyl (C=O) groups is 1. The fourth-order valence-corrected chi connectivity index (χ4v) is 4.53. The number of fused-ring (bicyclic) bond motifs is 2. The van der Waals surface area contributed by atoms with Gasteiger partial charge in [-0.2, -0.15) is 4.80 Å². The first kappa shape index (κ1) is 19.3. The topological polar surface area (TPSA) is 73.1 Å². The van der Waals surface area contributed by atoms with Crippen molar-refractivity contribution in [3.05, 3.63) is 72.8 Å². The number of methoxy groups -OCH3 is 1. The molecule has 0 bridgehead atoms. The number of ether oxygens (including phenoxy) is 1. The van der Waals surface area contributed by atoms with E-state index in [1.165, 1.54) is 4.80 Å². The first-order valence-corrected chi connectivity index (χ1v) is 10.6. The third-order valence-corrected chi connectivity index (χ3v) is 6.26. The van der Waals surface area contributed by atoms with Gasteiger partial charge in [0.1, 0.15) is 11.8 Å². The molecule has 0 saturated carbocycles. The molecular formula is C23H19N5O2S. The van der Waals surface area contributed by atoms with Gasteiger partial charge in [-0.3, -0.25) is 9.69 Å². The lowest BCUT2D eigenvalue weighted by Crippen LogP contribution is -2.35. The second-order valence-corrected chi connectivity index (χ2v) is 8.13. The lowest BCUT2D eigenvalue weighted by atomic mass is 10.2. The van der Waals surface area contributed by atoms with Crippen LogP contribution in [0.2, 0.25) is 0 Å². The van der Waals surface area contributed by atoms with Gasteiger partial charge in [0.25, 0.3) is 5.91 Å². The Morgan fingerprint density at radius 1 is 0.935 bits per heavy atom. The SMILES string of the molecule is COc1ccc(-c2nnn([C@H](C)C(=O)N3c4ccccc4Sc4ccccc43)n2)cc1. The average molecular weight is 430 g/mol. The molecule has 0 unspecified atom stereocenters. The number of nitrogens with zero attached hydrogens (tertiary/aromatic N) is 5. The maximum Gasteiger partial charge on any atom is 0.258 e. The maximum absolute atomic E-state index is 13.6. The Kier molecular flexibility index (Phi) is 4.91. The molecule has 0 N–H and O–H groups in total. The van der Waals surface area contributed by atoms with Crippen LogP contribution in [0.1, 0.15) is 13.0 Å². The minimum absolute atomic E-state index is 0.126. The Hall–Kier alpha value is -3.65. The molecule has 0 radical (unpaired) electrons. The zero-order valence-corrected chi connectivity index (χ0v) is 17.8. The van der Waals surface area contributed by atoms with Gasteiger partial charge in [-0.25, -0.2) is 0 Å². The molecule has 1 atom stereocenters. The Labute approximate surface area is 183 Å². The summed E-state index contributed by atoms with van der Waals surface area (Å²) >= 11 is 1.66. The van der Waals surface area contributed by atoms with Gasteiger partial charge >= 0.3 is 0 Å². The van der Waals surface area contributed by atoms with E-state index in [2.05, 4.69) is 15.4 Å². The largest absolute Gasteiger partial charge is 0.497 e. The van der Waals surface area contributed by atoms with Gasteiger partial charge in [0.15, 0.2) is 0 Å². The number of anilines is 2. The molecule has 1 aliphatic rings. The molecule has 1 amide bonds. The summed E-state index contributed by atoms with van der Waals surface area (Å²) in [6.45, 7) is 1.79. The van der Waals surface area contributed by atoms with Crippen LogP contribution in [0, 0.1) is 0 Å². The van der Waals surface area contributed by atoms with Crippen molar-refractivity contribution >= 4 is 29.0 Å². The molecule has 154 valence electrons. The molecule has 8 heteroatoms. The Morgan fingerprint density at radius 2 is 1.55 bits per heavy atom. The minimum atomic E-state index is -0.635. The molecule has 0 aliphatic carbocycles. The summed E-state index contributed by atoms with van der Waals surface area (Å²) in [4.78, 5) is 18.8. The van der Waals surface area contributed by atoms with E-state index < -0.39 is 6.04 Å². The van der Waals surface area contributed by atoms with E-state index in [1.54, 1.807) is 30.7 Å². The van der Waals surface area contributed by atoms with E-state index in [0.29, 0.717) is 5.82 Å². The Balaban J connectivity index is 1.48. The smallest absolute Gasteiger partial charge is 0.258 e. The molecule has 0 fully saturated rings. The number of hydrogen-bond acceptors (Lipinski definition) is 6. The van der Waals surface area contributed by atoms with Crippen LogP contribution in [-0.2, 0) is 4.79 Å². The van der Waals surface area contributed by atoms with Gasteiger partial charge in [0, 0.05) is 15.4 Å². The average Bonchev–Trinajstić information content (AvgIpc) is 3.32. The van der Waals surface area contributed by atoms with Gasteiger partial charge in [-0.15, -0.1) is 10.2 Å². The second-order valence-electron chi connectivity index (χ2n) is 7.05. The number of carbonyl (C=O) groups excluding carboxylic acids is 1. The Morgan fingerprint density at radius 3 is 2.16 bits per heavy atom. The third kappa shape index (κ3) is 3.44. The standard InChI is InChI=1S/C23H19N5O2S/c1-15(28-25-22(24-26-28)16-11-13-17(30-2)14-12-16)23(29)27-18-7-3-5-9-20(18)31-21-10-6-4-8-19(21)27/h3-15H,1-2H3/t15-/m1/s1. The lowest BCUT2D eigenvalue weighted by molar-refractivity contribution is -0.121. The molecule has 1 aromatic heterocycles. The van der Waals surface area contributed by atoms with Crippen LogP contribution in [0.15, 0.2) is 82.6 Å². The van der Waals surface area contributed by atoms with Gasteiger partial charge in [-0.05, 0) is 60.7 Å². The van der Waals surface area contributed by atoms with Crippen molar-refractivity contribution < 1.29 is 9.53 Å². The van der Waals surface area contributed by atoms with Gasteiger partial charge in [0.05, 0.1) is 18.5 Å². The highest BCUT2D eigenvalue weighted by Gasteiger charge is 2.32. The highest BCUT2D eigenvalue weighted by Crippen LogP contribution is 2.48. The number of hydrogen-bond donors (Lipinski definition) is 0. The summed E-state index contributed by atoms with van der Waals surface area (Å²) in [5.74, 6) is 1.08. The predicted octanol–water partition coefficient (Wildman–Crippen LogP) is 4.74. The highest BCUT2D eigenvalue weighted by molar-refractivity contribution is 7.99. The van der Waals surface area contributed by atoms with Gasteiger partial charge in [0.2, 0.25) is 5.82 Å². The van der Waals surface area contributed by atoms with Gasteiger partial charge in [-0.1, -0.05) is 36.0 Å². The van der Waals surface area contributed by atoms with E-state index in [-0.39, 0.29) is 5.91 Å². The van der Waals surface area contributed by atoms with E-state index in [1.807, 2.05) is 72.8 Å². The number of aromatic nitrogens is 4. The zero-order chi connectivity index (χ0) is 21.4. The molecule has 2 heterocycles. The third-order valence-electron chi connectivity index (χ3n) is 5.13. The number of amides is 1. The van der Waals surface area contributed by atoms with Crippen LogP contribution in [0.5, 0.6) is 5.75 Å². The van der Waals surface area contributed by atoms with E-state index in [9.17, 15) is 4.79 Å². The molecule has 1 aliphatic heterocycles. The summed E-state index contributed by atoms with van der Waals surface area (Å²) in [6.07, 6.45) is 0. The Bertz CT molecular complexity index is 1210. The molecule has 5 rings (SSSR count). The van der Waals surface area contributed by atoms with Crippen LogP contribution in [-0.4, -0.2) is 33.2 Å². The van der Waals surface area contributed by atoms with E-state index in [0.717, 1.165) is 32.5 Å². The summed E-state index contributed by atoms with van der Waals surface area (Å²) < 4.78 is 5.19. The first-order valence-electron chi connectivity index (χ1n) is 9.79. The minimum Gasteiger partial charge on any atom is -0.497 e. The zero-order valence-electron chi connectivity index (χ0n) is 17.0. The van der Waals surface area contributed by atoms with Crippen LogP contribution in [0.4, 0.5) is 11.4 Å². The molecule has 3 aromatic carbocycles. The molecule has 0 spiro atoms. The summed E-state index contributed by atoms with van der Waals surface area (Å²) in [7, 11) is 1.62. The van der Waals surface area contributed by atoms with Crippen molar-refractivity contribution in [2.75, 3.05) is 12.0 Å². The molecule has 0 saturated heterocycles. The van der Waals surface area contributed by atoms with Crippen LogP contribution < -0.4 is 9.64 Å². The van der Waals surface area contributed by atoms with Crippen molar-refractivity contribution in [2.45, 2.75) is 22.8 Å². The summed E-state index contributed by atoms with van der Waals surface area (Å²) in [5.41, 5.74) is 2.52. The summed E-state index contributed by atoms with van der Waals surface area (Å²) in [6, 6.07) is 22.6. The second kappa shape index (κ2) is 7.88. The van der Waals surface area contributed by atoms with Crippen molar-refractivity contribution in [2.24, 2.45) is 0 Å². The van der Waals surface area contributed by atoms with Crippen molar-refractivity contribution in [3.63, 3.8) is 0 Å². The maximum atomic E-state index is 13.6. The van der Waals surface area contributed by atoms with Crippen LogP contribution in [0.25, 0.3) is 11.4 Å². The predicted molar refractivity (Wildman–Crippen MR) is 119 cm³/mol. The quantitative estimate of drug-likeness (QED) is 0.467. The highest BCUT2D eigenvalue weighted by atomic mass is 32.2. The number of benzene rings is 3. The summed E-state index contributed by atoms with van der Waals surface area (Å²) in [5, 5.41) is 12.8. The van der Waals surface area contributed by atoms with Crippen molar-refractivity contribution in [1.82, 2.24) is 20.2 Å². The fraction of sp³-hybridized carbons (Fsp3) is 0.130. The number of rotatable bonds is 4. The molecular weight excluding hydrogens is 410 g/mol. The van der Waals surface area contributed by atoms with Crippen LogP contribution >= 0.6 is 11.8 Å². The van der Waals surface area contributed by atoms with Crippen molar-refractivity contribution in [3.8, 4) is 17.1 Å². The van der Waals surface area contributed by atoms with E-state index in [4.69, 9.17) is 4.74 Å². The van der Waals surface area contributed by atoms with Crippen LogP contribution in [0.3, 0.4) is 0 Å². The lowest BCUT2D eigenvalue weighted by Gasteiger charge is -2.32. The molecule has 7 nitrogen and oxygen atoms in total. The van der Waals surface area contributed by atoms with Crippen molar-refractivity contribution in [1.29, 1.82) is 0 Å². The monoisotopic (exact) mass is 429 g/mol. The van der Waals surface area contributed by atoms with Gasteiger partial charge < -0.3 is 4.74 Å². The van der Waals surface area contributed by atoms with E-state index >= 15 is 0 Å². The molecule has 31 heavy (non-hydrogen) atoms.